The van der Waals surface area contributed by atoms with Gasteiger partial charge in [0.05, 0.1) is 5.25 Å². The van der Waals surface area contributed by atoms with Crippen molar-refractivity contribution in [3.05, 3.63) is 45.5 Å². The zero-order valence-electron chi connectivity index (χ0n) is 16.6. The van der Waals surface area contributed by atoms with Crippen LogP contribution in [0, 0.1) is 21.7 Å². The standard InChI is InChI=1S/C18H23F2N3O5S2/c1-18(2)10-17(21-28-18)29(11-14-15(19)4-3-5-16(14)20)22-30(26,27)13-8-6-12(7-9-13)23(24)25/h3-5,12-13H,6-11H2,1-2H3. The molecule has 1 aromatic carbocycles. The minimum atomic E-state index is -4.02. The van der Waals surface area contributed by atoms with E-state index in [0.29, 0.717) is 5.04 Å². The fraction of sp³-hybridized carbons (Fsp3) is 0.611. The Kier molecular flexibility index (Phi) is 6.56. The van der Waals surface area contributed by atoms with Gasteiger partial charge in [0, 0.05) is 35.5 Å². The van der Waals surface area contributed by atoms with Crippen molar-refractivity contribution in [3.63, 3.8) is 0 Å². The van der Waals surface area contributed by atoms with Crippen LogP contribution < -0.4 is 0 Å². The van der Waals surface area contributed by atoms with Gasteiger partial charge in [-0.1, -0.05) is 11.2 Å². The van der Waals surface area contributed by atoms with Crippen LogP contribution in [0.3, 0.4) is 0 Å². The molecule has 8 nitrogen and oxygen atoms in total. The van der Waals surface area contributed by atoms with Crippen LogP contribution in [-0.2, 0) is 31.3 Å². The van der Waals surface area contributed by atoms with Gasteiger partial charge in [0.1, 0.15) is 22.3 Å². The lowest BCUT2D eigenvalue weighted by Gasteiger charge is -2.22. The average Bonchev–Trinajstić information content (AvgIpc) is 3.03. The van der Waals surface area contributed by atoms with Gasteiger partial charge < -0.3 is 4.84 Å². The molecule has 0 aromatic heterocycles. The van der Waals surface area contributed by atoms with Crippen molar-refractivity contribution in [2.24, 2.45) is 8.92 Å². The summed E-state index contributed by atoms with van der Waals surface area (Å²) in [6, 6.07) is 2.68. The van der Waals surface area contributed by atoms with Crippen LogP contribution in [0.15, 0.2) is 27.1 Å². The highest BCUT2D eigenvalue weighted by atomic mass is 32.3. The fourth-order valence-corrected chi connectivity index (χ4v) is 7.70. The Morgan fingerprint density at radius 3 is 2.37 bits per heavy atom. The predicted octanol–water partition coefficient (Wildman–Crippen LogP) is 3.70. The topological polar surface area (TPSA) is 111 Å². The Balaban J connectivity index is 1.92. The second kappa shape index (κ2) is 8.66. The molecule has 1 unspecified atom stereocenters. The van der Waals surface area contributed by atoms with Crippen LogP contribution in [0.25, 0.3) is 0 Å². The Morgan fingerprint density at radius 2 is 1.87 bits per heavy atom. The third-order valence-electron chi connectivity index (χ3n) is 5.14. The molecule has 1 aliphatic heterocycles. The first-order valence-corrected chi connectivity index (χ1v) is 12.3. The minimum absolute atomic E-state index is 0.122. The summed E-state index contributed by atoms with van der Waals surface area (Å²) in [6.45, 7) is 3.53. The van der Waals surface area contributed by atoms with Crippen molar-refractivity contribution in [2.75, 3.05) is 0 Å². The summed E-state index contributed by atoms with van der Waals surface area (Å²) in [4.78, 5) is 15.8. The molecule has 3 rings (SSSR count). The van der Waals surface area contributed by atoms with E-state index in [1.807, 2.05) is 0 Å². The van der Waals surface area contributed by atoms with Crippen LogP contribution in [-0.4, -0.2) is 35.3 Å². The molecule has 12 heteroatoms. The van der Waals surface area contributed by atoms with E-state index in [2.05, 4.69) is 8.92 Å². The van der Waals surface area contributed by atoms with Gasteiger partial charge >= 0.3 is 0 Å². The molecule has 166 valence electrons. The zero-order chi connectivity index (χ0) is 22.1. The third-order valence-corrected chi connectivity index (χ3v) is 9.33. The van der Waals surface area contributed by atoms with Crippen LogP contribution in [0.2, 0.25) is 0 Å². The summed E-state index contributed by atoms with van der Waals surface area (Å²) in [5, 5.41) is 14.3. The molecule has 0 bridgehead atoms. The molecule has 1 heterocycles. The van der Waals surface area contributed by atoms with Gasteiger partial charge in [-0.2, -0.15) is 0 Å². The molecule has 0 spiro atoms. The first-order chi connectivity index (χ1) is 14.0. The number of nitro groups is 1. The molecule has 30 heavy (non-hydrogen) atoms. The quantitative estimate of drug-likeness (QED) is 0.488. The zero-order valence-corrected chi connectivity index (χ0v) is 18.2. The lowest BCUT2D eigenvalue weighted by Crippen LogP contribution is -2.32. The van der Waals surface area contributed by atoms with Crippen LogP contribution >= 0.6 is 0 Å². The normalized spacial score (nSPS) is 24.9. The maximum atomic E-state index is 14.2. The summed E-state index contributed by atoms with van der Waals surface area (Å²) in [5.41, 5.74) is -0.929. The minimum Gasteiger partial charge on any atom is -0.389 e. The van der Waals surface area contributed by atoms with E-state index in [4.69, 9.17) is 4.84 Å². The van der Waals surface area contributed by atoms with E-state index < -0.39 is 54.2 Å². The molecule has 0 N–H and O–H groups in total. The molecule has 1 atom stereocenters. The van der Waals surface area contributed by atoms with Gasteiger partial charge in [0.2, 0.25) is 6.04 Å². The summed E-state index contributed by atoms with van der Waals surface area (Å²) in [5.74, 6) is -1.86. The third kappa shape index (κ3) is 5.20. The molecule has 1 aromatic rings. The second-order valence-electron chi connectivity index (χ2n) is 8.03. The number of benzene rings is 1. The lowest BCUT2D eigenvalue weighted by atomic mass is 9.96. The summed E-state index contributed by atoms with van der Waals surface area (Å²) in [6.07, 6.45) is 0.826. The molecule has 0 saturated heterocycles. The Labute approximate surface area is 176 Å². The van der Waals surface area contributed by atoms with E-state index >= 15 is 0 Å². The molecule has 0 amide bonds. The van der Waals surface area contributed by atoms with Crippen LogP contribution in [0.4, 0.5) is 8.78 Å². The monoisotopic (exact) mass is 463 g/mol. The average molecular weight is 464 g/mol. The number of sulfonamides is 1. The van der Waals surface area contributed by atoms with Gasteiger partial charge in [0.25, 0.3) is 10.0 Å². The van der Waals surface area contributed by atoms with Crippen molar-refractivity contribution < 1.29 is 27.0 Å². The Bertz CT molecular complexity index is 983. The molecular formula is C18H23F2N3O5S2. The number of hydrogen-bond acceptors (Lipinski definition) is 6. The van der Waals surface area contributed by atoms with E-state index in [-0.39, 0.29) is 43.4 Å². The van der Waals surface area contributed by atoms with Crippen molar-refractivity contribution in [3.8, 4) is 0 Å². The second-order valence-corrected chi connectivity index (χ2v) is 11.8. The smallest absolute Gasteiger partial charge is 0.261 e. The highest BCUT2D eigenvalue weighted by Crippen LogP contribution is 2.30. The first-order valence-electron chi connectivity index (χ1n) is 9.48. The van der Waals surface area contributed by atoms with Crippen molar-refractivity contribution in [2.45, 2.75) is 68.6 Å². The van der Waals surface area contributed by atoms with E-state index in [9.17, 15) is 27.3 Å². The van der Waals surface area contributed by atoms with Gasteiger partial charge in [-0.3, -0.25) is 10.1 Å². The lowest BCUT2D eigenvalue weighted by molar-refractivity contribution is -0.526. The predicted molar refractivity (Wildman–Crippen MR) is 109 cm³/mol. The Morgan fingerprint density at radius 1 is 1.27 bits per heavy atom. The summed E-state index contributed by atoms with van der Waals surface area (Å²) >= 11 is 0. The van der Waals surface area contributed by atoms with Gasteiger partial charge in [-0.25, -0.2) is 17.2 Å². The van der Waals surface area contributed by atoms with Crippen molar-refractivity contribution in [1.29, 1.82) is 0 Å². The highest BCUT2D eigenvalue weighted by Gasteiger charge is 2.37. The maximum absolute atomic E-state index is 14.2. The molecule has 2 aliphatic rings. The largest absolute Gasteiger partial charge is 0.389 e. The molecule has 1 saturated carbocycles. The first kappa shape index (κ1) is 22.7. The van der Waals surface area contributed by atoms with Gasteiger partial charge in [-0.05, 0) is 49.5 Å². The molecule has 1 aliphatic carbocycles. The SMILES string of the molecule is CC1(C)CC(/S(Cc2c(F)cccc2F)=N/S(=O)(=O)C2CCC([N+](=O)[O-])CC2)=NO1. The number of oxime groups is 1. The molecule has 0 radical (unpaired) electrons. The van der Waals surface area contributed by atoms with E-state index in [0.717, 1.165) is 12.1 Å². The summed E-state index contributed by atoms with van der Waals surface area (Å²) in [7, 11) is -5.48. The van der Waals surface area contributed by atoms with E-state index in [1.54, 1.807) is 13.8 Å². The van der Waals surface area contributed by atoms with Crippen molar-refractivity contribution in [1.82, 2.24) is 0 Å². The van der Waals surface area contributed by atoms with E-state index in [1.165, 1.54) is 6.07 Å². The Hall–Kier alpha value is -1.95. The van der Waals surface area contributed by atoms with Crippen LogP contribution in [0.1, 0.15) is 51.5 Å². The fourth-order valence-electron chi connectivity index (χ4n) is 3.43. The number of rotatable bonds is 5. The molecule has 1 fully saturated rings. The highest BCUT2D eigenvalue weighted by molar-refractivity contribution is 8.08. The summed E-state index contributed by atoms with van der Waals surface area (Å²) < 4.78 is 58.3. The van der Waals surface area contributed by atoms with Gasteiger partial charge in [0.15, 0.2) is 0 Å². The van der Waals surface area contributed by atoms with Gasteiger partial charge in [-0.15, -0.1) is 3.77 Å². The van der Waals surface area contributed by atoms with Crippen molar-refractivity contribution >= 4 is 25.8 Å². The van der Waals surface area contributed by atoms with Crippen LogP contribution in [0.5, 0.6) is 0 Å². The molecular weight excluding hydrogens is 440 g/mol. The maximum Gasteiger partial charge on any atom is 0.261 e. The number of hydrogen-bond donors (Lipinski definition) is 0. The number of nitrogens with zero attached hydrogens (tertiary/aromatic N) is 3. The number of halogens is 2.